The third kappa shape index (κ3) is 6.92. The number of aliphatic hydroxyl groups is 1. The van der Waals surface area contributed by atoms with Crippen LogP contribution >= 0.6 is 0 Å². The lowest BCUT2D eigenvalue weighted by atomic mass is 9.42. The second-order valence-corrected chi connectivity index (χ2v) is 20.6. The molecule has 7 aliphatic carbocycles. The van der Waals surface area contributed by atoms with E-state index in [1.165, 1.54) is 42.4 Å². The van der Waals surface area contributed by atoms with E-state index < -0.39 is 17.6 Å². The minimum atomic E-state index is -1.05. The third-order valence-electron chi connectivity index (χ3n) is 17.2. The molecular weight excluding hydrogens is 829 g/mol. The van der Waals surface area contributed by atoms with Gasteiger partial charge in [0.25, 0.3) is 0 Å². The molecule has 1 spiro atoms. The van der Waals surface area contributed by atoms with E-state index in [0.29, 0.717) is 19.3 Å². The van der Waals surface area contributed by atoms with Crippen molar-refractivity contribution in [3.63, 3.8) is 0 Å². The number of ketones is 1. The summed E-state index contributed by atoms with van der Waals surface area (Å²) in [6, 6.07) is 25.0. The molecule has 7 atom stereocenters. The van der Waals surface area contributed by atoms with Crippen LogP contribution in [0.15, 0.2) is 97.2 Å². The molecule has 12 rings (SSSR count). The minimum absolute atomic E-state index is 0.0218. The molecule has 2 bridgehead atoms. The smallest absolute Gasteiger partial charge is 0.200 e. The zero-order chi connectivity index (χ0) is 45.4. The first-order chi connectivity index (χ1) is 32.0. The Kier molecular flexibility index (Phi) is 10.8. The van der Waals surface area contributed by atoms with Crippen molar-refractivity contribution in [1.29, 1.82) is 0 Å². The van der Waals surface area contributed by atoms with Gasteiger partial charge in [-0.1, -0.05) is 79.1 Å². The highest BCUT2D eigenvalue weighted by Crippen LogP contribution is 2.72. The number of benzene rings is 4. The quantitative estimate of drug-likeness (QED) is 0.0402. The van der Waals surface area contributed by atoms with Crippen molar-refractivity contribution in [3.05, 3.63) is 131 Å². The third-order valence-corrected chi connectivity index (χ3v) is 17.2. The van der Waals surface area contributed by atoms with Gasteiger partial charge in [-0.2, -0.15) is 6.20 Å². The van der Waals surface area contributed by atoms with Gasteiger partial charge in [0.05, 0.1) is 6.10 Å². The summed E-state index contributed by atoms with van der Waals surface area (Å²) >= 11 is 0. The first-order valence-electron chi connectivity index (χ1n) is 24.3. The maximum atomic E-state index is 14.1. The number of aromatic nitrogens is 1. The maximum absolute atomic E-state index is 14.1. The average Bonchev–Trinajstić information content (AvgIpc) is 4.07. The fraction of sp³-hybridized carbons (Fsp3) is 0.446. The van der Waals surface area contributed by atoms with E-state index in [4.69, 9.17) is 20.2 Å². The van der Waals surface area contributed by atoms with E-state index in [9.17, 15) is 30.3 Å². The second kappa shape index (κ2) is 16.6. The Morgan fingerprint density at radius 3 is 2.45 bits per heavy atom. The van der Waals surface area contributed by atoms with Crippen molar-refractivity contribution in [2.45, 2.75) is 131 Å². The monoisotopic (exact) mass is 889 g/mol. The summed E-state index contributed by atoms with van der Waals surface area (Å²) in [5.74, 6) is -0.964. The van der Waals surface area contributed by atoms with Crippen LogP contribution in [0.4, 0.5) is 0 Å². The standard InChI is InChI=1S/C56H61N2O8/c57-32-65-48-26-33(13-17-45(48)61)12-15-37(60)29-46(62)40-16-14-34-27-44(56-31-54(20-3-4-21-54)24-18-43(56)39-19-25-58-51(39)38-10-1-2-11-42(38)56)50(40)41-30-47(63)52(64)53(49(34)41)66-55(22-5-6-23-55)35-8-7-9-36(59)28-35/h1-2,7-11,13-14,16-17,19,25-26,28,30,34,40,43-44,46,50,59,61-64H,3-6,12,15,18,20-24,27,29,31-32,57H2/q-1/t34-,40-,43+,44-,46-,50-,56-/m0/s1. The molecule has 0 aliphatic heterocycles. The number of aromatic hydroxyl groups is 4. The molecule has 344 valence electrons. The summed E-state index contributed by atoms with van der Waals surface area (Å²) in [4.78, 5) is 19.1. The first kappa shape index (κ1) is 42.9. The van der Waals surface area contributed by atoms with Gasteiger partial charge in [-0.05, 0) is 152 Å². The van der Waals surface area contributed by atoms with Crippen LogP contribution in [0, 0.1) is 17.3 Å². The molecule has 0 radical (unpaired) electrons. The highest BCUT2D eigenvalue weighted by molar-refractivity contribution is 5.79. The van der Waals surface area contributed by atoms with Crippen LogP contribution in [0.25, 0.3) is 11.3 Å². The Bertz CT molecular complexity index is 2690. The number of hydrogen-bond acceptors (Lipinski definition) is 9. The molecule has 4 aromatic carbocycles. The van der Waals surface area contributed by atoms with Crippen molar-refractivity contribution in [2.24, 2.45) is 23.0 Å². The number of phenols is 4. The Labute approximate surface area is 386 Å². The van der Waals surface area contributed by atoms with Crippen LogP contribution in [0.2, 0.25) is 0 Å². The highest BCUT2D eigenvalue weighted by atomic mass is 16.5. The largest absolute Gasteiger partial charge is 0.663 e. The lowest BCUT2D eigenvalue weighted by Gasteiger charge is -2.61. The number of hydrogen-bond donors (Lipinski definition) is 6. The normalized spacial score (nSPS) is 26.8. The second-order valence-electron chi connectivity index (χ2n) is 20.6. The molecule has 0 amide bonds. The SMILES string of the molecule is NCOc1cc(CCC(=O)C[C@H](O)[C@@H]2C=C[C@H]3C[C@H]([C@]45CC6(CCCC6)CC[C@@H]4c4cc[n-]c4-c4ccccc45)[C@@H]2c2cc(O)c(O)c(OC4(c5cccc(O)c5)CCCC4)c23)ccc1O. The van der Waals surface area contributed by atoms with E-state index in [1.54, 1.807) is 36.4 Å². The molecule has 1 aromatic heterocycles. The van der Waals surface area contributed by atoms with Crippen molar-refractivity contribution < 1.29 is 39.8 Å². The van der Waals surface area contributed by atoms with E-state index in [2.05, 4.69) is 42.5 Å². The molecule has 66 heavy (non-hydrogen) atoms. The van der Waals surface area contributed by atoms with Gasteiger partial charge in [0, 0.05) is 35.7 Å². The van der Waals surface area contributed by atoms with Gasteiger partial charge in [-0.15, -0.1) is 5.69 Å². The number of Topliss-reactive ketones (excluding diaryl/α,β-unsaturated/α-hetero) is 1. The number of phenolic OH excluding ortho intramolecular Hbond substituents is 4. The number of carbonyl (C=O) groups excluding carboxylic acids is 1. The lowest BCUT2D eigenvalue weighted by Crippen LogP contribution is -2.54. The molecule has 7 N–H and O–H groups in total. The molecule has 0 unspecified atom stereocenters. The van der Waals surface area contributed by atoms with E-state index in [-0.39, 0.29) is 94.4 Å². The number of aliphatic hydroxyl groups excluding tert-OH is 1. The van der Waals surface area contributed by atoms with Gasteiger partial charge in [-0.25, -0.2) is 0 Å². The number of nitrogens with zero attached hydrogens (tertiary/aromatic N) is 1. The molecule has 3 fully saturated rings. The topological polar surface area (TPSA) is 177 Å². The Balaban J connectivity index is 1.05. The summed E-state index contributed by atoms with van der Waals surface area (Å²) in [6.45, 7) is -0.0912. The van der Waals surface area contributed by atoms with Gasteiger partial charge in [0.15, 0.2) is 23.0 Å². The predicted octanol–water partition coefficient (Wildman–Crippen LogP) is 10.4. The Hall–Kier alpha value is -5.71. The van der Waals surface area contributed by atoms with E-state index in [0.717, 1.165) is 66.5 Å². The molecule has 1 heterocycles. The van der Waals surface area contributed by atoms with Crippen molar-refractivity contribution in [1.82, 2.24) is 4.98 Å². The summed E-state index contributed by atoms with van der Waals surface area (Å²) in [5, 5.41) is 57.6. The minimum Gasteiger partial charge on any atom is -0.663 e. The van der Waals surface area contributed by atoms with Crippen LogP contribution < -0.4 is 20.2 Å². The van der Waals surface area contributed by atoms with Crippen LogP contribution in [0.1, 0.15) is 141 Å². The summed E-state index contributed by atoms with van der Waals surface area (Å²) in [6.07, 6.45) is 17.7. The molecule has 10 heteroatoms. The van der Waals surface area contributed by atoms with Gasteiger partial charge in [0.2, 0.25) is 5.75 Å². The number of fused-ring (bicyclic) bond motifs is 9. The molecule has 7 aliphatic rings. The van der Waals surface area contributed by atoms with Crippen molar-refractivity contribution >= 4 is 5.78 Å². The fourth-order valence-corrected chi connectivity index (χ4v) is 14.5. The Morgan fingerprint density at radius 2 is 1.65 bits per heavy atom. The highest BCUT2D eigenvalue weighted by Gasteiger charge is 2.62. The zero-order valence-corrected chi connectivity index (χ0v) is 37.5. The number of ether oxygens (including phenoxy) is 2. The van der Waals surface area contributed by atoms with Crippen LogP contribution in [-0.4, -0.2) is 44.2 Å². The van der Waals surface area contributed by atoms with Crippen LogP contribution in [0.5, 0.6) is 34.5 Å². The van der Waals surface area contributed by atoms with Gasteiger partial charge >= 0.3 is 0 Å². The van der Waals surface area contributed by atoms with Gasteiger partial charge in [-0.3, -0.25) is 10.5 Å². The Morgan fingerprint density at radius 1 is 0.848 bits per heavy atom. The van der Waals surface area contributed by atoms with Crippen molar-refractivity contribution in [2.75, 3.05) is 6.73 Å². The number of aryl methyl sites for hydroxylation is 1. The van der Waals surface area contributed by atoms with Gasteiger partial charge in [0.1, 0.15) is 23.9 Å². The van der Waals surface area contributed by atoms with Gasteiger partial charge < -0.3 is 40.0 Å². The maximum Gasteiger partial charge on any atom is 0.200 e. The summed E-state index contributed by atoms with van der Waals surface area (Å²) < 4.78 is 12.6. The van der Waals surface area contributed by atoms with E-state index >= 15 is 0 Å². The number of carbonyl (C=O) groups is 1. The van der Waals surface area contributed by atoms with E-state index in [1.807, 2.05) is 18.3 Å². The summed E-state index contributed by atoms with van der Waals surface area (Å²) in [7, 11) is 0. The first-order valence-corrected chi connectivity index (χ1v) is 24.3. The number of nitrogens with two attached hydrogens (primary N) is 1. The fourth-order valence-electron chi connectivity index (χ4n) is 14.5. The van der Waals surface area contributed by atoms with Crippen LogP contribution in [0.3, 0.4) is 0 Å². The molecule has 3 saturated carbocycles. The molecule has 5 aromatic rings. The average molecular weight is 890 g/mol. The van der Waals surface area contributed by atoms with Crippen LogP contribution in [-0.2, 0) is 22.2 Å². The molecule has 0 saturated heterocycles. The predicted molar refractivity (Wildman–Crippen MR) is 251 cm³/mol. The number of rotatable bonds is 12. The molecule has 10 nitrogen and oxygen atoms in total. The number of allylic oxidation sites excluding steroid dienone is 1. The zero-order valence-electron chi connectivity index (χ0n) is 37.5. The summed E-state index contributed by atoms with van der Waals surface area (Å²) in [5.41, 5.74) is 12.7. The lowest BCUT2D eigenvalue weighted by molar-refractivity contribution is -0.121. The van der Waals surface area contributed by atoms with Crippen molar-refractivity contribution in [3.8, 4) is 45.8 Å². The molecular formula is C56H61N2O8-.